The van der Waals surface area contributed by atoms with Gasteiger partial charge < -0.3 is 18.9 Å². The van der Waals surface area contributed by atoms with E-state index in [0.717, 1.165) is 25.5 Å². The maximum atomic E-state index is 11.0. The Morgan fingerprint density at radius 1 is 1.42 bits per heavy atom. The zero-order valence-electron chi connectivity index (χ0n) is 11.0. The number of carbonyl (C=O) groups is 1. The number of aldehydes is 1. The highest BCUT2D eigenvalue weighted by Crippen LogP contribution is 2.27. The molecule has 104 valence electrons. The molecule has 0 N–H and O–H groups in total. The molecule has 0 amide bonds. The number of benzene rings is 1. The maximum Gasteiger partial charge on any atom is 0.199 e. The number of methoxy groups -OCH3 is 1. The minimum absolute atomic E-state index is 0.153. The molecule has 0 radical (unpaired) electrons. The van der Waals surface area contributed by atoms with Crippen molar-refractivity contribution in [1.29, 1.82) is 0 Å². The van der Waals surface area contributed by atoms with Crippen LogP contribution in [0.4, 0.5) is 0 Å². The minimum atomic E-state index is -0.287. The van der Waals surface area contributed by atoms with E-state index >= 15 is 0 Å². The third kappa shape index (κ3) is 3.94. The molecule has 19 heavy (non-hydrogen) atoms. The molecule has 1 aromatic carbocycles. The molecule has 1 fully saturated rings. The molecule has 5 nitrogen and oxygen atoms in total. The first-order valence-corrected chi connectivity index (χ1v) is 6.32. The summed E-state index contributed by atoms with van der Waals surface area (Å²) in [5.41, 5.74) is 0.485. The highest BCUT2D eigenvalue weighted by Gasteiger charge is 2.17. The SMILES string of the molecule is COCOc1ccc(C=O)c(OC2CCCCO2)c1. The van der Waals surface area contributed by atoms with Crippen molar-refractivity contribution in [2.75, 3.05) is 20.5 Å². The number of hydrogen-bond donors (Lipinski definition) is 0. The largest absolute Gasteiger partial charge is 0.467 e. The van der Waals surface area contributed by atoms with E-state index in [1.165, 1.54) is 0 Å². The van der Waals surface area contributed by atoms with Crippen molar-refractivity contribution in [2.45, 2.75) is 25.6 Å². The van der Waals surface area contributed by atoms with Crippen LogP contribution in [0.5, 0.6) is 11.5 Å². The summed E-state index contributed by atoms with van der Waals surface area (Å²) in [6.45, 7) is 0.848. The first-order valence-electron chi connectivity index (χ1n) is 6.32. The van der Waals surface area contributed by atoms with Gasteiger partial charge in [0.25, 0.3) is 0 Å². The second-order valence-electron chi connectivity index (χ2n) is 4.28. The summed E-state index contributed by atoms with van der Waals surface area (Å²) in [5.74, 6) is 1.08. The van der Waals surface area contributed by atoms with Crippen LogP contribution >= 0.6 is 0 Å². The zero-order chi connectivity index (χ0) is 13.5. The Kier molecular flexibility index (Phi) is 5.18. The van der Waals surface area contributed by atoms with Crippen molar-refractivity contribution in [3.63, 3.8) is 0 Å². The molecular weight excluding hydrogens is 248 g/mol. The minimum Gasteiger partial charge on any atom is -0.467 e. The van der Waals surface area contributed by atoms with Crippen LogP contribution < -0.4 is 9.47 Å². The molecule has 0 aromatic heterocycles. The van der Waals surface area contributed by atoms with E-state index in [1.54, 1.807) is 25.3 Å². The van der Waals surface area contributed by atoms with E-state index in [4.69, 9.17) is 18.9 Å². The van der Waals surface area contributed by atoms with E-state index < -0.39 is 0 Å². The fourth-order valence-electron chi connectivity index (χ4n) is 1.88. The van der Waals surface area contributed by atoms with Crippen LogP contribution in [0.25, 0.3) is 0 Å². The summed E-state index contributed by atoms with van der Waals surface area (Å²) >= 11 is 0. The summed E-state index contributed by atoms with van der Waals surface area (Å²) in [4.78, 5) is 11.0. The van der Waals surface area contributed by atoms with Gasteiger partial charge in [-0.15, -0.1) is 0 Å². The van der Waals surface area contributed by atoms with Gasteiger partial charge in [-0.1, -0.05) is 0 Å². The molecule has 5 heteroatoms. The van der Waals surface area contributed by atoms with Crippen molar-refractivity contribution in [3.8, 4) is 11.5 Å². The van der Waals surface area contributed by atoms with Gasteiger partial charge in [0.2, 0.25) is 0 Å². The van der Waals surface area contributed by atoms with E-state index in [2.05, 4.69) is 0 Å². The Morgan fingerprint density at radius 3 is 3.00 bits per heavy atom. The Bertz CT molecular complexity index is 412. The van der Waals surface area contributed by atoms with Gasteiger partial charge in [0, 0.05) is 19.6 Å². The number of rotatable bonds is 6. The van der Waals surface area contributed by atoms with Crippen LogP contribution in [0, 0.1) is 0 Å². The lowest BCUT2D eigenvalue weighted by Gasteiger charge is -2.24. The average Bonchev–Trinajstić information content (AvgIpc) is 2.46. The van der Waals surface area contributed by atoms with Gasteiger partial charge in [-0.25, -0.2) is 0 Å². The molecule has 1 aliphatic heterocycles. The second kappa shape index (κ2) is 7.11. The van der Waals surface area contributed by atoms with E-state index in [9.17, 15) is 4.79 Å². The third-order valence-corrected chi connectivity index (χ3v) is 2.85. The first kappa shape index (κ1) is 13.8. The Balaban J connectivity index is 2.08. The normalized spacial score (nSPS) is 18.9. The highest BCUT2D eigenvalue weighted by molar-refractivity contribution is 5.79. The van der Waals surface area contributed by atoms with Gasteiger partial charge in [0.05, 0.1) is 12.2 Å². The van der Waals surface area contributed by atoms with Crippen molar-refractivity contribution < 1.29 is 23.7 Å². The predicted molar refractivity (Wildman–Crippen MR) is 68.6 cm³/mol. The van der Waals surface area contributed by atoms with Crippen molar-refractivity contribution in [2.24, 2.45) is 0 Å². The molecule has 0 spiro atoms. The smallest absolute Gasteiger partial charge is 0.199 e. The molecule has 0 aliphatic carbocycles. The average molecular weight is 266 g/mol. The van der Waals surface area contributed by atoms with Crippen LogP contribution in [0.3, 0.4) is 0 Å². The molecule has 1 unspecified atom stereocenters. The van der Waals surface area contributed by atoms with Gasteiger partial charge in [0.15, 0.2) is 19.4 Å². The van der Waals surface area contributed by atoms with Gasteiger partial charge in [0.1, 0.15) is 11.5 Å². The Labute approximate surface area is 112 Å². The molecule has 1 atom stereocenters. The van der Waals surface area contributed by atoms with Gasteiger partial charge in [-0.2, -0.15) is 0 Å². The lowest BCUT2D eigenvalue weighted by molar-refractivity contribution is -0.106. The third-order valence-electron chi connectivity index (χ3n) is 2.85. The molecule has 1 aliphatic rings. The predicted octanol–water partition coefficient (Wildman–Crippen LogP) is 2.39. The fraction of sp³-hybridized carbons (Fsp3) is 0.500. The Hall–Kier alpha value is -1.59. The topological polar surface area (TPSA) is 54.0 Å². The molecule has 1 saturated heterocycles. The fourth-order valence-corrected chi connectivity index (χ4v) is 1.88. The molecule has 1 aromatic rings. The number of ether oxygens (including phenoxy) is 4. The zero-order valence-corrected chi connectivity index (χ0v) is 11.0. The molecule has 0 saturated carbocycles. The standard InChI is InChI=1S/C14H18O5/c1-16-10-18-12-6-5-11(9-15)13(8-12)19-14-4-2-3-7-17-14/h5-6,8-9,14H,2-4,7,10H2,1H3. The molecule has 0 bridgehead atoms. The van der Waals surface area contributed by atoms with Gasteiger partial charge >= 0.3 is 0 Å². The quantitative estimate of drug-likeness (QED) is 0.584. The molecule has 2 rings (SSSR count). The van der Waals surface area contributed by atoms with Crippen LogP contribution in [0.2, 0.25) is 0 Å². The summed E-state index contributed by atoms with van der Waals surface area (Å²) in [6.07, 6.45) is 3.43. The second-order valence-corrected chi connectivity index (χ2v) is 4.28. The first-order chi connectivity index (χ1) is 9.33. The van der Waals surface area contributed by atoms with Gasteiger partial charge in [-0.3, -0.25) is 4.79 Å². The van der Waals surface area contributed by atoms with Crippen LogP contribution in [0.1, 0.15) is 29.6 Å². The van der Waals surface area contributed by atoms with Gasteiger partial charge in [-0.05, 0) is 25.0 Å². The molecule has 1 heterocycles. The summed E-state index contributed by atoms with van der Waals surface area (Å²) in [6, 6.07) is 5.05. The van der Waals surface area contributed by atoms with Crippen molar-refractivity contribution >= 4 is 6.29 Å². The van der Waals surface area contributed by atoms with Crippen molar-refractivity contribution in [1.82, 2.24) is 0 Å². The van der Waals surface area contributed by atoms with E-state index in [0.29, 0.717) is 23.7 Å². The highest BCUT2D eigenvalue weighted by atomic mass is 16.7. The summed E-state index contributed by atoms with van der Waals surface area (Å²) < 4.78 is 21.4. The Morgan fingerprint density at radius 2 is 2.32 bits per heavy atom. The maximum absolute atomic E-state index is 11.0. The van der Waals surface area contributed by atoms with Crippen LogP contribution in [0.15, 0.2) is 18.2 Å². The van der Waals surface area contributed by atoms with E-state index in [1.807, 2.05) is 0 Å². The lowest BCUT2D eigenvalue weighted by atomic mass is 10.2. The lowest BCUT2D eigenvalue weighted by Crippen LogP contribution is -2.25. The van der Waals surface area contributed by atoms with Crippen molar-refractivity contribution in [3.05, 3.63) is 23.8 Å². The number of carbonyl (C=O) groups excluding carboxylic acids is 1. The van der Waals surface area contributed by atoms with Crippen LogP contribution in [-0.4, -0.2) is 33.1 Å². The van der Waals surface area contributed by atoms with Crippen LogP contribution in [-0.2, 0) is 9.47 Å². The summed E-state index contributed by atoms with van der Waals surface area (Å²) in [5, 5.41) is 0. The number of hydrogen-bond acceptors (Lipinski definition) is 5. The van der Waals surface area contributed by atoms with E-state index in [-0.39, 0.29) is 13.1 Å². The molecular formula is C14H18O5. The monoisotopic (exact) mass is 266 g/mol. The summed E-state index contributed by atoms with van der Waals surface area (Å²) in [7, 11) is 1.55.